The minimum Gasteiger partial charge on any atom is -0.347 e. The number of nitrogens with zero attached hydrogens (tertiary/aromatic N) is 2. The van der Waals surface area contributed by atoms with Gasteiger partial charge in [-0.05, 0) is 37.5 Å². The number of hydrogen-bond acceptors (Lipinski definition) is 2. The Bertz CT molecular complexity index is 637. The van der Waals surface area contributed by atoms with Gasteiger partial charge in [-0.2, -0.15) is 0 Å². The zero-order chi connectivity index (χ0) is 18.5. The van der Waals surface area contributed by atoms with E-state index in [9.17, 15) is 4.79 Å². The molecule has 0 saturated heterocycles. The van der Waals surface area contributed by atoms with Gasteiger partial charge < -0.3 is 15.5 Å². The number of rotatable bonds is 9. The number of hydrogen-bond donors (Lipinski definition) is 2. The highest BCUT2D eigenvalue weighted by Gasteiger charge is 2.08. The van der Waals surface area contributed by atoms with Crippen molar-refractivity contribution in [3.8, 4) is 12.3 Å². The second kappa shape index (κ2) is 14.2. The van der Waals surface area contributed by atoms with Crippen molar-refractivity contribution in [2.75, 3.05) is 32.5 Å². The van der Waals surface area contributed by atoms with Gasteiger partial charge in [-0.15, -0.1) is 37.0 Å². The van der Waals surface area contributed by atoms with Gasteiger partial charge in [0.15, 0.2) is 5.96 Å². The Balaban J connectivity index is 0.00000625. The van der Waals surface area contributed by atoms with Crippen LogP contribution >= 0.6 is 24.0 Å². The van der Waals surface area contributed by atoms with Crippen LogP contribution in [0.15, 0.2) is 41.9 Å². The summed E-state index contributed by atoms with van der Waals surface area (Å²) in [6, 6.07) is 7.21. The molecule has 0 radical (unpaired) electrons. The molecule has 26 heavy (non-hydrogen) atoms. The molecular formula is C20H29IN4O. The van der Waals surface area contributed by atoms with Gasteiger partial charge in [-0.1, -0.05) is 24.5 Å². The van der Waals surface area contributed by atoms with Crippen LogP contribution in [-0.4, -0.2) is 44.0 Å². The van der Waals surface area contributed by atoms with Crippen LogP contribution in [0.3, 0.4) is 0 Å². The molecule has 2 N–H and O–H groups in total. The lowest BCUT2D eigenvalue weighted by Crippen LogP contribution is -2.42. The fourth-order valence-electron chi connectivity index (χ4n) is 2.36. The van der Waals surface area contributed by atoms with E-state index in [1.807, 2.05) is 36.2 Å². The lowest BCUT2D eigenvalue weighted by atomic mass is 10.2. The van der Waals surface area contributed by atoms with Crippen molar-refractivity contribution < 1.29 is 4.79 Å². The third-order valence-electron chi connectivity index (χ3n) is 3.70. The van der Waals surface area contributed by atoms with Crippen LogP contribution in [-0.2, 0) is 4.79 Å². The molecule has 0 bridgehead atoms. The first-order valence-electron chi connectivity index (χ1n) is 8.50. The first kappa shape index (κ1) is 24.0. The molecule has 0 spiro atoms. The molecule has 0 atom stereocenters. The molecule has 0 unspecified atom stereocenters. The van der Waals surface area contributed by atoms with E-state index in [0.29, 0.717) is 11.6 Å². The Morgan fingerprint density at radius 2 is 2.15 bits per heavy atom. The predicted molar refractivity (Wildman–Crippen MR) is 121 cm³/mol. The lowest BCUT2D eigenvalue weighted by Gasteiger charge is -2.21. The summed E-state index contributed by atoms with van der Waals surface area (Å²) in [7, 11) is 3.68. The molecule has 5 nitrogen and oxygen atoms in total. The van der Waals surface area contributed by atoms with Crippen LogP contribution in [0, 0.1) is 12.3 Å². The number of halogens is 1. The topological polar surface area (TPSA) is 56.7 Å². The molecule has 0 heterocycles. The molecule has 1 amide bonds. The number of carbonyl (C=O) groups is 1. The van der Waals surface area contributed by atoms with E-state index in [1.54, 1.807) is 13.1 Å². The molecule has 0 fully saturated rings. The maximum Gasteiger partial charge on any atom is 0.243 e. The normalized spacial score (nSPS) is 10.3. The van der Waals surface area contributed by atoms with E-state index >= 15 is 0 Å². The standard InChI is InChI=1S/C20H28N4O.HI/c1-5-7-8-9-10-14-24(4)20(21-3)22-16-19(25)23-18-13-11-12-17(6-2)15-18;/h2,5,11-13,15H,1,7-10,14,16H2,3-4H3,(H,21,22)(H,23,25);1H. The number of unbranched alkanes of at least 4 members (excludes halogenated alkanes) is 3. The van der Waals surface area contributed by atoms with Crippen LogP contribution in [0.1, 0.15) is 31.2 Å². The molecule has 1 aromatic rings. The van der Waals surface area contributed by atoms with Crippen molar-refractivity contribution in [3.63, 3.8) is 0 Å². The fraction of sp³-hybridized carbons (Fsp3) is 0.400. The van der Waals surface area contributed by atoms with Crippen molar-refractivity contribution in [1.29, 1.82) is 0 Å². The maximum absolute atomic E-state index is 12.1. The summed E-state index contributed by atoms with van der Waals surface area (Å²) in [5, 5.41) is 5.90. The van der Waals surface area contributed by atoms with Crippen LogP contribution in [0.5, 0.6) is 0 Å². The largest absolute Gasteiger partial charge is 0.347 e. The van der Waals surface area contributed by atoms with Gasteiger partial charge in [0.05, 0.1) is 6.54 Å². The van der Waals surface area contributed by atoms with Gasteiger partial charge in [0.1, 0.15) is 0 Å². The molecule has 0 saturated carbocycles. The number of nitrogens with one attached hydrogen (secondary N) is 2. The Hall–Kier alpha value is -2.01. The second-order valence-electron chi connectivity index (χ2n) is 5.73. The van der Waals surface area contributed by atoms with E-state index in [2.05, 4.69) is 28.1 Å². The van der Waals surface area contributed by atoms with Gasteiger partial charge in [-0.25, -0.2) is 0 Å². The molecule has 1 rings (SSSR count). The van der Waals surface area contributed by atoms with Crippen molar-refractivity contribution in [2.45, 2.75) is 25.7 Å². The third-order valence-corrected chi connectivity index (χ3v) is 3.70. The van der Waals surface area contributed by atoms with Crippen molar-refractivity contribution in [3.05, 3.63) is 42.5 Å². The highest BCUT2D eigenvalue weighted by molar-refractivity contribution is 14.0. The predicted octanol–water partition coefficient (Wildman–Crippen LogP) is 3.48. The van der Waals surface area contributed by atoms with Crippen LogP contribution < -0.4 is 10.6 Å². The molecule has 6 heteroatoms. The number of carbonyl (C=O) groups excluding carboxylic acids is 1. The number of guanidine groups is 1. The number of terminal acetylenes is 1. The molecule has 0 aromatic heterocycles. The van der Waals surface area contributed by atoms with Gasteiger partial charge in [0, 0.05) is 31.9 Å². The summed E-state index contributed by atoms with van der Waals surface area (Å²) >= 11 is 0. The van der Waals surface area contributed by atoms with Crippen LogP contribution in [0.4, 0.5) is 5.69 Å². The Labute approximate surface area is 174 Å². The number of anilines is 1. The molecule has 0 aliphatic heterocycles. The Kier molecular flexibility index (Phi) is 13.1. The summed E-state index contributed by atoms with van der Waals surface area (Å²) < 4.78 is 0. The number of amides is 1. The highest BCUT2D eigenvalue weighted by Crippen LogP contribution is 2.09. The van der Waals surface area contributed by atoms with Crippen molar-refractivity contribution in [1.82, 2.24) is 10.2 Å². The second-order valence-corrected chi connectivity index (χ2v) is 5.73. The summed E-state index contributed by atoms with van der Waals surface area (Å²) in [4.78, 5) is 18.3. The molecular weight excluding hydrogens is 439 g/mol. The van der Waals surface area contributed by atoms with E-state index < -0.39 is 0 Å². The molecule has 1 aromatic carbocycles. The zero-order valence-electron chi connectivity index (χ0n) is 15.6. The third kappa shape index (κ3) is 9.47. The van der Waals surface area contributed by atoms with E-state index in [1.165, 1.54) is 0 Å². The van der Waals surface area contributed by atoms with E-state index in [4.69, 9.17) is 6.42 Å². The quantitative estimate of drug-likeness (QED) is 0.146. The number of allylic oxidation sites excluding steroid dienone is 1. The van der Waals surface area contributed by atoms with Crippen molar-refractivity contribution >= 4 is 41.5 Å². The SMILES string of the molecule is C#Cc1cccc(NC(=O)CNC(=NC)N(C)CCCCCC=C)c1.I. The average molecular weight is 468 g/mol. The van der Waals surface area contributed by atoms with E-state index in [0.717, 1.165) is 37.8 Å². The van der Waals surface area contributed by atoms with Gasteiger partial charge >= 0.3 is 0 Å². The van der Waals surface area contributed by atoms with Crippen LogP contribution in [0.2, 0.25) is 0 Å². The Morgan fingerprint density at radius 3 is 2.81 bits per heavy atom. The monoisotopic (exact) mass is 468 g/mol. The highest BCUT2D eigenvalue weighted by atomic mass is 127. The maximum atomic E-state index is 12.1. The fourth-order valence-corrected chi connectivity index (χ4v) is 2.36. The molecule has 142 valence electrons. The molecule has 0 aliphatic carbocycles. The Morgan fingerprint density at radius 1 is 1.38 bits per heavy atom. The first-order valence-corrected chi connectivity index (χ1v) is 8.50. The van der Waals surface area contributed by atoms with Crippen molar-refractivity contribution in [2.24, 2.45) is 4.99 Å². The van der Waals surface area contributed by atoms with E-state index in [-0.39, 0.29) is 36.4 Å². The first-order chi connectivity index (χ1) is 12.1. The summed E-state index contributed by atoms with van der Waals surface area (Å²) in [6.07, 6.45) is 11.8. The smallest absolute Gasteiger partial charge is 0.243 e. The number of aliphatic imine (C=N–C) groups is 1. The lowest BCUT2D eigenvalue weighted by molar-refractivity contribution is -0.115. The summed E-state index contributed by atoms with van der Waals surface area (Å²) in [5.74, 6) is 3.11. The average Bonchev–Trinajstić information content (AvgIpc) is 2.62. The minimum atomic E-state index is -0.144. The van der Waals surface area contributed by atoms with Gasteiger partial charge in [0.2, 0.25) is 5.91 Å². The summed E-state index contributed by atoms with van der Waals surface area (Å²) in [5.41, 5.74) is 1.42. The van der Waals surface area contributed by atoms with Crippen LogP contribution in [0.25, 0.3) is 0 Å². The zero-order valence-corrected chi connectivity index (χ0v) is 18.0. The summed E-state index contributed by atoms with van der Waals surface area (Å²) in [6.45, 7) is 4.77. The van der Waals surface area contributed by atoms with Gasteiger partial charge in [-0.3, -0.25) is 9.79 Å². The molecule has 0 aliphatic rings. The van der Waals surface area contributed by atoms with Gasteiger partial charge in [0.25, 0.3) is 0 Å². The number of benzene rings is 1. The minimum absolute atomic E-state index is 0.